The van der Waals surface area contributed by atoms with Crippen LogP contribution in [0.15, 0.2) is 63.9 Å². The van der Waals surface area contributed by atoms with Crippen LogP contribution >= 0.6 is 0 Å². The molecule has 0 aliphatic heterocycles. The Morgan fingerprint density at radius 3 is 2.52 bits per heavy atom. The van der Waals surface area contributed by atoms with Gasteiger partial charge in [-0.1, -0.05) is 17.7 Å². The monoisotopic (exact) mass is 364 g/mol. The van der Waals surface area contributed by atoms with Crippen LogP contribution in [0, 0.1) is 12.7 Å². The van der Waals surface area contributed by atoms with Crippen LogP contribution in [0.1, 0.15) is 15.9 Å². The van der Waals surface area contributed by atoms with E-state index in [0.29, 0.717) is 5.56 Å². The molecule has 0 bridgehead atoms. The van der Waals surface area contributed by atoms with Crippen LogP contribution in [0.4, 0.5) is 10.1 Å². The number of hydrogen-bond acceptors (Lipinski definition) is 5. The van der Waals surface area contributed by atoms with Crippen LogP contribution in [-0.2, 0) is 0 Å². The highest BCUT2D eigenvalue weighted by Gasteiger charge is 2.15. The summed E-state index contributed by atoms with van der Waals surface area (Å²) in [6.07, 6.45) is 1.20. The molecule has 134 valence electrons. The van der Waals surface area contributed by atoms with Crippen molar-refractivity contribution in [3.05, 3.63) is 82.0 Å². The minimum atomic E-state index is -0.586. The molecule has 0 aliphatic carbocycles. The van der Waals surface area contributed by atoms with Gasteiger partial charge < -0.3 is 9.73 Å². The first-order chi connectivity index (χ1) is 13.0. The van der Waals surface area contributed by atoms with Gasteiger partial charge in [-0.3, -0.25) is 9.59 Å². The normalized spacial score (nSPS) is 10.9. The molecule has 0 spiro atoms. The molecule has 0 saturated carbocycles. The molecule has 8 heteroatoms. The predicted molar refractivity (Wildman–Crippen MR) is 96.0 cm³/mol. The number of carbonyl (C=O) groups is 1. The second kappa shape index (κ2) is 6.49. The average molecular weight is 364 g/mol. The maximum absolute atomic E-state index is 13.0. The molecule has 7 nitrogen and oxygen atoms in total. The van der Waals surface area contributed by atoms with Crippen LogP contribution in [0.25, 0.3) is 17.3 Å². The van der Waals surface area contributed by atoms with Crippen molar-refractivity contribution in [1.29, 1.82) is 0 Å². The number of anilines is 1. The topological polar surface area (TPSA) is 89.5 Å². The summed E-state index contributed by atoms with van der Waals surface area (Å²) >= 11 is 0. The zero-order valence-electron chi connectivity index (χ0n) is 14.1. The zero-order valence-corrected chi connectivity index (χ0v) is 14.1. The number of nitrogens with one attached hydrogen (secondary N) is 1. The summed E-state index contributed by atoms with van der Waals surface area (Å²) in [6.45, 7) is 1.96. The fourth-order valence-electron chi connectivity index (χ4n) is 2.48. The average Bonchev–Trinajstić information content (AvgIpc) is 3.10. The summed E-state index contributed by atoms with van der Waals surface area (Å²) in [6, 6.07) is 12.4. The van der Waals surface area contributed by atoms with Crippen LogP contribution in [0.2, 0.25) is 0 Å². The summed E-state index contributed by atoms with van der Waals surface area (Å²) in [4.78, 5) is 28.8. The molecule has 0 radical (unpaired) electrons. The summed E-state index contributed by atoms with van der Waals surface area (Å²) in [5.41, 5.74) is 1.34. The molecule has 0 saturated heterocycles. The molecule has 2 heterocycles. The number of amides is 1. The Bertz CT molecular complexity index is 1190. The third kappa shape index (κ3) is 3.20. The highest BCUT2D eigenvalue weighted by Crippen LogP contribution is 2.19. The van der Waals surface area contributed by atoms with Gasteiger partial charge in [0.2, 0.25) is 5.89 Å². The Labute approximate surface area is 152 Å². The number of halogens is 1. The molecule has 1 amide bonds. The second-order valence-corrected chi connectivity index (χ2v) is 5.91. The van der Waals surface area contributed by atoms with Crippen LogP contribution < -0.4 is 10.9 Å². The van der Waals surface area contributed by atoms with E-state index in [1.807, 2.05) is 31.2 Å². The molecule has 2 aromatic carbocycles. The van der Waals surface area contributed by atoms with Crippen molar-refractivity contribution in [2.24, 2.45) is 0 Å². The number of aromatic nitrogens is 3. The van der Waals surface area contributed by atoms with Crippen LogP contribution in [0.5, 0.6) is 0 Å². The van der Waals surface area contributed by atoms with E-state index in [0.717, 1.165) is 22.2 Å². The SMILES string of the molecule is Cc1ccc(-c2nn3c(=O)c(NC(=O)c4ccc(F)cc4)cnc3o2)cc1. The number of rotatable bonds is 3. The van der Waals surface area contributed by atoms with Gasteiger partial charge in [0.15, 0.2) is 0 Å². The Kier molecular flexibility index (Phi) is 4.00. The van der Waals surface area contributed by atoms with E-state index in [9.17, 15) is 14.0 Å². The minimum absolute atomic E-state index is 0.00959. The minimum Gasteiger partial charge on any atom is -0.403 e. The van der Waals surface area contributed by atoms with E-state index in [2.05, 4.69) is 15.4 Å². The molecule has 0 aliphatic rings. The maximum Gasteiger partial charge on any atom is 0.328 e. The first kappa shape index (κ1) is 16.6. The molecule has 0 atom stereocenters. The molecular formula is C19H13FN4O3. The van der Waals surface area contributed by atoms with E-state index in [1.165, 1.54) is 18.3 Å². The number of aryl methyl sites for hydroxylation is 1. The number of hydrogen-bond donors (Lipinski definition) is 1. The molecule has 4 rings (SSSR count). The molecular weight excluding hydrogens is 351 g/mol. The molecule has 27 heavy (non-hydrogen) atoms. The van der Waals surface area contributed by atoms with Gasteiger partial charge in [0.05, 0.1) is 6.20 Å². The van der Waals surface area contributed by atoms with Gasteiger partial charge in [-0.05, 0) is 43.3 Å². The number of carbonyl (C=O) groups excluding carboxylic acids is 1. The highest BCUT2D eigenvalue weighted by atomic mass is 19.1. The fraction of sp³-hybridized carbons (Fsp3) is 0.0526. The predicted octanol–water partition coefficient (Wildman–Crippen LogP) is 3.05. The van der Waals surface area contributed by atoms with Gasteiger partial charge >= 0.3 is 11.4 Å². The van der Waals surface area contributed by atoms with Crippen molar-refractivity contribution in [2.75, 3.05) is 5.32 Å². The third-order valence-electron chi connectivity index (χ3n) is 3.94. The lowest BCUT2D eigenvalue weighted by atomic mass is 10.1. The Balaban J connectivity index is 1.67. The molecule has 2 aromatic heterocycles. The maximum atomic E-state index is 13.0. The molecule has 0 unspecified atom stereocenters. The molecule has 1 N–H and O–H groups in total. The molecule has 0 fully saturated rings. The lowest BCUT2D eigenvalue weighted by Crippen LogP contribution is -2.23. The number of fused-ring (bicyclic) bond motifs is 1. The lowest BCUT2D eigenvalue weighted by Gasteiger charge is -2.03. The summed E-state index contributed by atoms with van der Waals surface area (Å²) < 4.78 is 19.5. The van der Waals surface area contributed by atoms with Gasteiger partial charge in [0, 0.05) is 11.1 Å². The van der Waals surface area contributed by atoms with Crippen molar-refractivity contribution in [3.63, 3.8) is 0 Å². The first-order valence-corrected chi connectivity index (χ1v) is 8.04. The zero-order chi connectivity index (χ0) is 19.0. The van der Waals surface area contributed by atoms with Crippen molar-refractivity contribution >= 4 is 17.4 Å². The van der Waals surface area contributed by atoms with Crippen molar-refractivity contribution in [3.8, 4) is 11.5 Å². The highest BCUT2D eigenvalue weighted by molar-refractivity contribution is 6.04. The van der Waals surface area contributed by atoms with Crippen molar-refractivity contribution in [1.82, 2.24) is 14.6 Å². The first-order valence-electron chi connectivity index (χ1n) is 8.04. The number of benzene rings is 2. The van der Waals surface area contributed by atoms with Crippen molar-refractivity contribution in [2.45, 2.75) is 6.92 Å². The second-order valence-electron chi connectivity index (χ2n) is 5.91. The van der Waals surface area contributed by atoms with Gasteiger partial charge in [0.1, 0.15) is 11.5 Å². The standard InChI is InChI=1S/C19H13FN4O3/c1-11-2-4-13(5-3-11)17-23-24-18(26)15(10-21-19(24)27-17)22-16(25)12-6-8-14(20)9-7-12/h2-10H,1H3,(H,22,25). The van der Waals surface area contributed by atoms with Gasteiger partial charge in [-0.2, -0.15) is 0 Å². The van der Waals surface area contributed by atoms with Crippen LogP contribution in [0.3, 0.4) is 0 Å². The molecule has 4 aromatic rings. The Morgan fingerprint density at radius 2 is 1.81 bits per heavy atom. The van der Waals surface area contributed by atoms with Crippen molar-refractivity contribution < 1.29 is 13.6 Å². The van der Waals surface area contributed by atoms with E-state index < -0.39 is 17.3 Å². The fourth-order valence-corrected chi connectivity index (χ4v) is 2.48. The number of nitrogens with zero attached hydrogens (tertiary/aromatic N) is 3. The van der Waals surface area contributed by atoms with Gasteiger partial charge in [0.25, 0.3) is 5.91 Å². The third-order valence-corrected chi connectivity index (χ3v) is 3.94. The van der Waals surface area contributed by atoms with E-state index in [4.69, 9.17) is 4.42 Å². The quantitative estimate of drug-likeness (QED) is 0.603. The lowest BCUT2D eigenvalue weighted by molar-refractivity contribution is 0.102. The summed E-state index contributed by atoms with van der Waals surface area (Å²) in [7, 11) is 0. The Hall–Kier alpha value is -3.81. The van der Waals surface area contributed by atoms with E-state index in [1.54, 1.807) is 0 Å². The smallest absolute Gasteiger partial charge is 0.328 e. The van der Waals surface area contributed by atoms with Crippen LogP contribution in [-0.4, -0.2) is 20.5 Å². The summed E-state index contributed by atoms with van der Waals surface area (Å²) in [5.74, 6) is -0.769. The Morgan fingerprint density at radius 1 is 1.11 bits per heavy atom. The van der Waals surface area contributed by atoms with Gasteiger partial charge in [-0.25, -0.2) is 9.37 Å². The largest absolute Gasteiger partial charge is 0.403 e. The van der Waals surface area contributed by atoms with Gasteiger partial charge in [-0.15, -0.1) is 9.61 Å². The summed E-state index contributed by atoms with van der Waals surface area (Å²) in [5, 5.41) is 6.59. The van der Waals surface area contributed by atoms with E-state index >= 15 is 0 Å². The van der Waals surface area contributed by atoms with E-state index in [-0.39, 0.29) is 23.0 Å².